The third-order valence-electron chi connectivity index (χ3n) is 6.32. The number of hydrogen-bond donors (Lipinski definition) is 1. The van der Waals surface area contributed by atoms with Gasteiger partial charge in [0, 0.05) is 47.0 Å². The summed E-state index contributed by atoms with van der Waals surface area (Å²) in [7, 11) is 2.15. The fourth-order valence-corrected chi connectivity index (χ4v) is 4.94. The molecule has 0 spiro atoms. The molecule has 0 radical (unpaired) electrons. The highest BCUT2D eigenvalue weighted by Crippen LogP contribution is 2.35. The fourth-order valence-electron chi connectivity index (χ4n) is 4.62. The lowest BCUT2D eigenvalue weighted by molar-refractivity contribution is 0.220. The van der Waals surface area contributed by atoms with E-state index in [-0.39, 0.29) is 11.9 Å². The zero-order valence-corrected chi connectivity index (χ0v) is 19.7. The van der Waals surface area contributed by atoms with Crippen LogP contribution in [0.1, 0.15) is 35.3 Å². The molecule has 33 heavy (non-hydrogen) atoms. The first-order chi connectivity index (χ1) is 15.9. The van der Waals surface area contributed by atoms with Crippen molar-refractivity contribution in [3.63, 3.8) is 0 Å². The zero-order valence-electron chi connectivity index (χ0n) is 19.0. The van der Waals surface area contributed by atoms with E-state index in [9.17, 15) is 0 Å². The molecule has 1 atom stereocenters. The van der Waals surface area contributed by atoms with Gasteiger partial charge in [-0.15, -0.1) is 0 Å². The number of aryl methyl sites for hydroxylation is 1. The quantitative estimate of drug-likeness (QED) is 0.442. The molecule has 1 aliphatic heterocycles. The Bertz CT molecular complexity index is 1360. The molecular weight excluding hydrogens is 434 g/mol. The van der Waals surface area contributed by atoms with Gasteiger partial charge in [-0.05, 0) is 73.7 Å². The Morgan fingerprint density at radius 3 is 2.88 bits per heavy atom. The maximum Gasteiger partial charge on any atom is 0.258 e. The van der Waals surface area contributed by atoms with Crippen LogP contribution in [0.3, 0.4) is 0 Å². The number of nitrogens with zero attached hydrogens (tertiary/aromatic N) is 4. The van der Waals surface area contributed by atoms with Crippen LogP contribution >= 0.6 is 11.6 Å². The number of anilines is 1. The topological polar surface area (TPSA) is 77.2 Å². The van der Waals surface area contributed by atoms with Crippen molar-refractivity contribution >= 4 is 28.2 Å². The van der Waals surface area contributed by atoms with E-state index >= 15 is 0 Å². The molecule has 0 amide bonds. The second-order valence-corrected chi connectivity index (χ2v) is 9.09. The van der Waals surface area contributed by atoms with Crippen molar-refractivity contribution in [1.29, 1.82) is 0 Å². The number of fused-ring (bicyclic) bond motifs is 2. The predicted molar refractivity (Wildman–Crippen MR) is 132 cm³/mol. The van der Waals surface area contributed by atoms with Crippen LogP contribution in [0.2, 0.25) is 5.02 Å². The van der Waals surface area contributed by atoms with Crippen molar-refractivity contribution in [3.05, 3.63) is 76.2 Å². The van der Waals surface area contributed by atoms with Crippen LogP contribution in [0.5, 0.6) is 5.88 Å². The van der Waals surface area contributed by atoms with E-state index in [1.165, 1.54) is 16.7 Å². The lowest BCUT2D eigenvalue weighted by Crippen LogP contribution is -2.27. The van der Waals surface area contributed by atoms with Gasteiger partial charge in [-0.25, -0.2) is 9.97 Å². The van der Waals surface area contributed by atoms with Crippen molar-refractivity contribution in [2.75, 3.05) is 19.3 Å². The number of ether oxygens (including phenoxy) is 1. The fraction of sp³-hybridized carbons (Fsp3) is 0.269. The molecule has 6 nitrogen and oxygen atoms in total. The molecular formula is C26H26ClN5O. The highest BCUT2D eigenvalue weighted by atomic mass is 35.5. The maximum atomic E-state index is 6.56. The summed E-state index contributed by atoms with van der Waals surface area (Å²) in [6.45, 7) is 6.11. The van der Waals surface area contributed by atoms with Crippen molar-refractivity contribution in [1.82, 2.24) is 19.9 Å². The molecule has 1 aliphatic rings. The van der Waals surface area contributed by atoms with E-state index in [0.717, 1.165) is 47.1 Å². The number of nitrogen functional groups attached to an aromatic ring is 1. The number of hydrogen-bond acceptors (Lipinski definition) is 6. The Balaban J connectivity index is 1.50. The van der Waals surface area contributed by atoms with Crippen LogP contribution in [0.4, 0.5) is 5.82 Å². The van der Waals surface area contributed by atoms with Crippen LogP contribution in [0.25, 0.3) is 22.0 Å². The molecule has 7 heteroatoms. The van der Waals surface area contributed by atoms with Gasteiger partial charge in [0.15, 0.2) is 5.82 Å². The molecule has 3 heterocycles. The Kier molecular flexibility index (Phi) is 5.64. The summed E-state index contributed by atoms with van der Waals surface area (Å²) in [4.78, 5) is 15.7. The molecule has 2 aromatic carbocycles. The first-order valence-corrected chi connectivity index (χ1v) is 11.4. The van der Waals surface area contributed by atoms with Gasteiger partial charge in [0.25, 0.3) is 5.88 Å². The SMILES string of the molecule is Cc1cc(-c2cnc(N)c(OC(C)c3c(Cl)ccc4cnccc34)n2)cc2c1CCN(C)C2. The Labute approximate surface area is 198 Å². The van der Waals surface area contributed by atoms with Crippen molar-refractivity contribution in [2.45, 2.75) is 32.9 Å². The van der Waals surface area contributed by atoms with Crippen molar-refractivity contribution in [2.24, 2.45) is 0 Å². The Hall–Kier alpha value is -3.22. The molecule has 168 valence electrons. The van der Waals surface area contributed by atoms with Gasteiger partial charge in [-0.1, -0.05) is 17.7 Å². The minimum absolute atomic E-state index is 0.248. The summed E-state index contributed by atoms with van der Waals surface area (Å²) >= 11 is 6.56. The van der Waals surface area contributed by atoms with E-state index < -0.39 is 0 Å². The molecule has 5 rings (SSSR count). The first kappa shape index (κ1) is 21.6. The monoisotopic (exact) mass is 459 g/mol. The average molecular weight is 460 g/mol. The minimum atomic E-state index is -0.380. The first-order valence-electron chi connectivity index (χ1n) is 11.0. The van der Waals surface area contributed by atoms with Gasteiger partial charge in [0.05, 0.1) is 11.9 Å². The van der Waals surface area contributed by atoms with E-state index in [1.807, 2.05) is 31.3 Å². The second kappa shape index (κ2) is 8.61. The van der Waals surface area contributed by atoms with Gasteiger partial charge in [0.2, 0.25) is 0 Å². The average Bonchev–Trinajstić information content (AvgIpc) is 2.80. The number of nitrogens with two attached hydrogens (primary N) is 1. The van der Waals surface area contributed by atoms with E-state index in [1.54, 1.807) is 12.4 Å². The number of benzene rings is 2. The van der Waals surface area contributed by atoms with E-state index in [4.69, 9.17) is 27.1 Å². The summed E-state index contributed by atoms with van der Waals surface area (Å²) < 4.78 is 6.23. The number of likely N-dealkylation sites (N-methyl/N-ethyl adjacent to an activating group) is 1. The van der Waals surface area contributed by atoms with Crippen LogP contribution in [-0.4, -0.2) is 33.4 Å². The van der Waals surface area contributed by atoms with E-state index in [0.29, 0.717) is 10.9 Å². The second-order valence-electron chi connectivity index (χ2n) is 8.68. The largest absolute Gasteiger partial charge is 0.467 e. The molecule has 0 bridgehead atoms. The summed E-state index contributed by atoms with van der Waals surface area (Å²) in [6, 6.07) is 10.1. The van der Waals surface area contributed by atoms with Gasteiger partial charge >= 0.3 is 0 Å². The maximum absolute atomic E-state index is 6.56. The van der Waals surface area contributed by atoms with Crippen LogP contribution in [-0.2, 0) is 13.0 Å². The Morgan fingerprint density at radius 2 is 2.03 bits per heavy atom. The summed E-state index contributed by atoms with van der Waals surface area (Å²) in [5.41, 5.74) is 12.8. The number of halogens is 1. The number of rotatable bonds is 4. The van der Waals surface area contributed by atoms with Crippen molar-refractivity contribution < 1.29 is 4.74 Å². The molecule has 1 unspecified atom stereocenters. The summed E-state index contributed by atoms with van der Waals surface area (Å²) in [5.74, 6) is 0.549. The van der Waals surface area contributed by atoms with Gasteiger partial charge in [0.1, 0.15) is 6.10 Å². The van der Waals surface area contributed by atoms with E-state index in [2.05, 4.69) is 41.0 Å². The smallest absolute Gasteiger partial charge is 0.258 e. The third-order valence-corrected chi connectivity index (χ3v) is 6.65. The highest BCUT2D eigenvalue weighted by molar-refractivity contribution is 6.32. The molecule has 0 fully saturated rings. The number of pyridine rings is 1. The minimum Gasteiger partial charge on any atom is -0.467 e. The normalized spacial score (nSPS) is 14.8. The highest BCUT2D eigenvalue weighted by Gasteiger charge is 2.20. The summed E-state index contributed by atoms with van der Waals surface area (Å²) in [5, 5.41) is 2.61. The van der Waals surface area contributed by atoms with Gasteiger partial charge in [-0.3, -0.25) is 4.98 Å². The lowest BCUT2D eigenvalue weighted by atomic mass is 9.92. The Morgan fingerprint density at radius 1 is 1.18 bits per heavy atom. The summed E-state index contributed by atoms with van der Waals surface area (Å²) in [6.07, 6.45) is 5.95. The number of aromatic nitrogens is 3. The molecule has 0 saturated heterocycles. The molecule has 4 aromatic rings. The van der Waals surface area contributed by atoms with Gasteiger partial charge in [-0.2, -0.15) is 0 Å². The van der Waals surface area contributed by atoms with Crippen LogP contribution in [0, 0.1) is 6.92 Å². The van der Waals surface area contributed by atoms with Crippen LogP contribution < -0.4 is 10.5 Å². The zero-order chi connectivity index (χ0) is 23.1. The van der Waals surface area contributed by atoms with Crippen LogP contribution in [0.15, 0.2) is 48.9 Å². The van der Waals surface area contributed by atoms with Crippen molar-refractivity contribution in [3.8, 4) is 17.1 Å². The lowest BCUT2D eigenvalue weighted by Gasteiger charge is -2.27. The third kappa shape index (κ3) is 4.12. The van der Waals surface area contributed by atoms with Gasteiger partial charge < -0.3 is 15.4 Å². The molecule has 2 aromatic heterocycles. The molecule has 0 saturated carbocycles. The molecule has 2 N–H and O–H groups in total. The standard InChI is InChI=1S/C26H26ClN5O/c1-15-10-18(11-19-14-32(3)9-7-20(15)19)23-13-30-25(28)26(31-23)33-16(2)24-21-6-8-29-12-17(21)4-5-22(24)27/h4-6,8,10-13,16H,7,9,14H2,1-3H3,(H2,28,30). The predicted octanol–water partition coefficient (Wildman–Crippen LogP) is 5.36. The molecule has 0 aliphatic carbocycles.